The van der Waals surface area contributed by atoms with Crippen LogP contribution in [0.5, 0.6) is 0 Å². The third-order valence-corrected chi connectivity index (χ3v) is 2.36. The lowest BCUT2D eigenvalue weighted by molar-refractivity contribution is -0.133. The predicted molar refractivity (Wildman–Crippen MR) is 75.4 cm³/mol. The molecular formula is C15H20FNO4. The fourth-order valence-electron chi connectivity index (χ4n) is 1.48. The summed E-state index contributed by atoms with van der Waals surface area (Å²) in [7, 11) is 0. The van der Waals surface area contributed by atoms with Gasteiger partial charge in [0.15, 0.2) is 0 Å². The molecule has 0 aliphatic rings. The lowest BCUT2D eigenvalue weighted by atomic mass is 10.2. The molecule has 1 aromatic carbocycles. The summed E-state index contributed by atoms with van der Waals surface area (Å²) in [6.45, 7) is 4.98. The average Bonchev–Trinajstić information content (AvgIpc) is 2.36. The van der Waals surface area contributed by atoms with Crippen molar-refractivity contribution in [3.8, 4) is 0 Å². The van der Waals surface area contributed by atoms with E-state index < -0.39 is 23.8 Å². The van der Waals surface area contributed by atoms with Crippen molar-refractivity contribution in [2.24, 2.45) is 0 Å². The molecule has 1 atom stereocenters. The van der Waals surface area contributed by atoms with Crippen LogP contribution in [0.25, 0.3) is 0 Å². The largest absolute Gasteiger partial charge is 0.444 e. The van der Waals surface area contributed by atoms with E-state index in [2.05, 4.69) is 5.32 Å². The molecule has 0 aliphatic heterocycles. The van der Waals surface area contributed by atoms with E-state index in [4.69, 9.17) is 9.47 Å². The fraction of sp³-hybridized carbons (Fsp3) is 0.467. The number of alkyl carbamates (subject to hydrolysis) is 1. The van der Waals surface area contributed by atoms with E-state index in [0.717, 1.165) is 5.56 Å². The van der Waals surface area contributed by atoms with Gasteiger partial charge in [-0.3, -0.25) is 4.79 Å². The first kappa shape index (κ1) is 17.1. The Kier molecular flexibility index (Phi) is 6.30. The third-order valence-electron chi connectivity index (χ3n) is 2.36. The van der Waals surface area contributed by atoms with Gasteiger partial charge in [0.1, 0.15) is 11.6 Å². The van der Waals surface area contributed by atoms with E-state index in [9.17, 15) is 14.0 Å². The summed E-state index contributed by atoms with van der Waals surface area (Å²) in [5.41, 5.74) is 0.165. The normalized spacial score (nSPS) is 12.6. The highest BCUT2D eigenvalue weighted by Crippen LogP contribution is 2.07. The maximum Gasteiger partial charge on any atom is 0.408 e. The monoisotopic (exact) mass is 297 g/mol. The summed E-state index contributed by atoms with van der Waals surface area (Å²) in [6.07, 6.45) is -0.859. The summed E-state index contributed by atoms with van der Waals surface area (Å²) < 4.78 is 23.1. The minimum absolute atomic E-state index is 0.223. The predicted octanol–water partition coefficient (Wildman–Crippen LogP) is 2.59. The van der Waals surface area contributed by atoms with Crippen LogP contribution in [0.4, 0.5) is 9.18 Å². The van der Waals surface area contributed by atoms with Crippen molar-refractivity contribution in [1.29, 1.82) is 0 Å². The molecule has 0 radical (unpaired) electrons. The third kappa shape index (κ3) is 7.41. The Bertz CT molecular complexity index is 470. The summed E-state index contributed by atoms with van der Waals surface area (Å²) >= 11 is 0. The van der Waals surface area contributed by atoms with Crippen LogP contribution in [0.2, 0.25) is 0 Å². The van der Waals surface area contributed by atoms with Crippen LogP contribution in [0.3, 0.4) is 0 Å². The van der Waals surface area contributed by atoms with Crippen LogP contribution in [-0.4, -0.2) is 30.4 Å². The summed E-state index contributed by atoms with van der Waals surface area (Å²) in [6, 6.07) is 6.19. The standard InChI is InChI=1S/C15H20FNO4/c1-15(2,3)21-14(19)17-12(13(16)18)10-20-9-11-7-5-4-6-8-11/h4-8,12H,9-10H2,1-3H3,(H,17,19)/t12-/m0/s1. The molecule has 0 bridgehead atoms. The van der Waals surface area contributed by atoms with E-state index in [1.165, 1.54) is 0 Å². The van der Waals surface area contributed by atoms with Gasteiger partial charge in [0.05, 0.1) is 13.2 Å². The van der Waals surface area contributed by atoms with Crippen LogP contribution < -0.4 is 5.32 Å². The van der Waals surface area contributed by atoms with Crippen LogP contribution in [0, 0.1) is 0 Å². The Morgan fingerprint density at radius 2 is 1.86 bits per heavy atom. The molecule has 1 amide bonds. The summed E-state index contributed by atoms with van der Waals surface area (Å²) in [4.78, 5) is 22.4. The number of amides is 1. The molecule has 0 aromatic heterocycles. The second-order valence-corrected chi connectivity index (χ2v) is 5.50. The highest BCUT2D eigenvalue weighted by molar-refractivity contribution is 5.80. The van der Waals surface area contributed by atoms with Gasteiger partial charge >= 0.3 is 12.1 Å². The first-order valence-corrected chi connectivity index (χ1v) is 6.58. The summed E-state index contributed by atoms with van der Waals surface area (Å²) in [5.74, 6) is 0. The van der Waals surface area contributed by atoms with Crippen LogP contribution in [-0.2, 0) is 20.9 Å². The van der Waals surface area contributed by atoms with Gasteiger partial charge in [0.2, 0.25) is 0 Å². The van der Waals surface area contributed by atoms with Crippen molar-refractivity contribution >= 4 is 12.1 Å². The maximum absolute atomic E-state index is 12.9. The molecule has 0 unspecified atom stereocenters. The van der Waals surface area contributed by atoms with Crippen molar-refractivity contribution in [2.75, 3.05) is 6.61 Å². The Balaban J connectivity index is 2.43. The topological polar surface area (TPSA) is 64.6 Å². The Hall–Kier alpha value is -1.95. The molecule has 5 nitrogen and oxygen atoms in total. The Labute approximate surface area is 123 Å². The molecule has 0 spiro atoms. The molecule has 0 fully saturated rings. The van der Waals surface area contributed by atoms with E-state index >= 15 is 0 Å². The Morgan fingerprint density at radius 1 is 1.24 bits per heavy atom. The quantitative estimate of drug-likeness (QED) is 0.820. The van der Waals surface area contributed by atoms with Gasteiger partial charge < -0.3 is 14.8 Å². The minimum Gasteiger partial charge on any atom is -0.444 e. The number of ether oxygens (including phenoxy) is 2. The van der Waals surface area contributed by atoms with Crippen molar-refractivity contribution in [3.63, 3.8) is 0 Å². The highest BCUT2D eigenvalue weighted by atomic mass is 19.1. The van der Waals surface area contributed by atoms with Crippen molar-refractivity contribution < 1.29 is 23.5 Å². The average molecular weight is 297 g/mol. The van der Waals surface area contributed by atoms with E-state index in [0.29, 0.717) is 0 Å². The van der Waals surface area contributed by atoms with Crippen molar-refractivity contribution in [2.45, 2.75) is 39.0 Å². The SMILES string of the molecule is CC(C)(C)OC(=O)N[C@@H](COCc1ccccc1)C(=O)F. The number of hydrogen-bond donors (Lipinski definition) is 1. The molecule has 1 aromatic rings. The number of carbonyl (C=O) groups is 2. The van der Waals surface area contributed by atoms with Gasteiger partial charge in [-0.1, -0.05) is 30.3 Å². The lowest BCUT2D eigenvalue weighted by Crippen LogP contribution is -2.44. The fourth-order valence-corrected chi connectivity index (χ4v) is 1.48. The molecule has 0 heterocycles. The van der Waals surface area contributed by atoms with Gasteiger partial charge in [-0.15, -0.1) is 0 Å². The van der Waals surface area contributed by atoms with Gasteiger partial charge in [0.25, 0.3) is 0 Å². The number of hydrogen-bond acceptors (Lipinski definition) is 4. The van der Waals surface area contributed by atoms with Crippen LogP contribution in [0.15, 0.2) is 30.3 Å². The first-order valence-electron chi connectivity index (χ1n) is 6.58. The molecule has 1 rings (SSSR count). The second kappa shape index (κ2) is 7.73. The lowest BCUT2D eigenvalue weighted by Gasteiger charge is -2.21. The van der Waals surface area contributed by atoms with Gasteiger partial charge in [0, 0.05) is 0 Å². The number of rotatable bonds is 6. The molecule has 1 N–H and O–H groups in total. The molecule has 21 heavy (non-hydrogen) atoms. The zero-order valence-corrected chi connectivity index (χ0v) is 12.4. The van der Waals surface area contributed by atoms with Gasteiger partial charge in [-0.25, -0.2) is 4.79 Å². The molecular weight excluding hydrogens is 277 g/mol. The van der Waals surface area contributed by atoms with Gasteiger partial charge in [-0.2, -0.15) is 4.39 Å². The van der Waals surface area contributed by atoms with E-state index in [1.54, 1.807) is 20.8 Å². The molecule has 6 heteroatoms. The molecule has 116 valence electrons. The summed E-state index contributed by atoms with van der Waals surface area (Å²) in [5, 5.41) is 2.15. The molecule has 0 saturated heterocycles. The highest BCUT2D eigenvalue weighted by Gasteiger charge is 2.24. The van der Waals surface area contributed by atoms with E-state index in [-0.39, 0.29) is 13.2 Å². The zero-order valence-electron chi connectivity index (χ0n) is 12.4. The molecule has 0 aliphatic carbocycles. The number of nitrogens with one attached hydrogen (secondary N) is 1. The van der Waals surface area contributed by atoms with Crippen molar-refractivity contribution in [3.05, 3.63) is 35.9 Å². The first-order chi connectivity index (χ1) is 9.78. The number of benzene rings is 1. The minimum atomic E-state index is -1.67. The van der Waals surface area contributed by atoms with Crippen molar-refractivity contribution in [1.82, 2.24) is 5.32 Å². The molecule has 0 saturated carbocycles. The van der Waals surface area contributed by atoms with Gasteiger partial charge in [-0.05, 0) is 26.3 Å². The maximum atomic E-state index is 12.9. The number of carbonyl (C=O) groups excluding carboxylic acids is 2. The van der Waals surface area contributed by atoms with Crippen LogP contribution >= 0.6 is 0 Å². The second-order valence-electron chi connectivity index (χ2n) is 5.50. The smallest absolute Gasteiger partial charge is 0.408 e. The van der Waals surface area contributed by atoms with E-state index in [1.807, 2.05) is 30.3 Å². The zero-order chi connectivity index (χ0) is 15.9. The number of halogens is 1. The van der Waals surface area contributed by atoms with Crippen LogP contribution in [0.1, 0.15) is 26.3 Å². The Morgan fingerprint density at radius 3 is 2.38 bits per heavy atom.